The van der Waals surface area contributed by atoms with Crippen molar-refractivity contribution in [2.24, 2.45) is 0 Å². The van der Waals surface area contributed by atoms with Gasteiger partial charge in [-0.25, -0.2) is 8.78 Å². The van der Waals surface area contributed by atoms with Gasteiger partial charge in [-0.05, 0) is 18.2 Å². The van der Waals surface area contributed by atoms with Gasteiger partial charge in [0.1, 0.15) is 11.6 Å². The van der Waals surface area contributed by atoms with Gasteiger partial charge in [0.2, 0.25) is 0 Å². The molecule has 0 aliphatic carbocycles. The zero-order valence-electron chi connectivity index (χ0n) is 8.66. The van der Waals surface area contributed by atoms with Gasteiger partial charge in [0.15, 0.2) is 11.6 Å². The Labute approximate surface area is 102 Å². The Morgan fingerprint density at radius 1 is 1.18 bits per heavy atom. The summed E-state index contributed by atoms with van der Waals surface area (Å²) in [6.07, 6.45) is 3.00. The van der Waals surface area contributed by atoms with Gasteiger partial charge in [0.05, 0.1) is 5.88 Å². The van der Waals surface area contributed by atoms with E-state index >= 15 is 0 Å². The molecule has 0 fully saturated rings. The first-order valence-electron chi connectivity index (χ1n) is 4.82. The maximum atomic E-state index is 13.4. The first-order valence-corrected chi connectivity index (χ1v) is 5.36. The Morgan fingerprint density at radius 3 is 2.76 bits per heavy atom. The molecular formula is C12H8ClF2NO. The second-order valence-corrected chi connectivity index (χ2v) is 3.56. The average Bonchev–Trinajstić information content (AvgIpc) is 2.34. The van der Waals surface area contributed by atoms with E-state index in [1.54, 1.807) is 6.07 Å². The quantitative estimate of drug-likeness (QED) is 0.776. The van der Waals surface area contributed by atoms with E-state index in [9.17, 15) is 8.78 Å². The lowest BCUT2D eigenvalue weighted by Gasteiger charge is -2.09. The third-order valence-electron chi connectivity index (χ3n) is 2.12. The first-order chi connectivity index (χ1) is 8.20. The molecule has 0 saturated carbocycles. The Kier molecular flexibility index (Phi) is 3.54. The Morgan fingerprint density at radius 2 is 2.00 bits per heavy atom. The standard InChI is InChI=1S/C12H8ClF2NO/c13-6-8-7-16-4-3-11(8)17-12-5-9(14)1-2-10(12)15/h1-5,7H,6H2. The van der Waals surface area contributed by atoms with Crippen LogP contribution in [0.1, 0.15) is 5.56 Å². The number of rotatable bonds is 3. The van der Waals surface area contributed by atoms with Gasteiger partial charge in [0, 0.05) is 24.0 Å². The van der Waals surface area contributed by atoms with Gasteiger partial charge < -0.3 is 4.74 Å². The molecule has 0 N–H and O–H groups in total. The van der Waals surface area contributed by atoms with Gasteiger partial charge in [0.25, 0.3) is 0 Å². The SMILES string of the molecule is Fc1ccc(F)c(Oc2ccncc2CCl)c1. The second kappa shape index (κ2) is 5.10. The molecule has 0 bridgehead atoms. The van der Waals surface area contributed by atoms with E-state index in [4.69, 9.17) is 16.3 Å². The van der Waals surface area contributed by atoms with Crippen molar-refractivity contribution >= 4 is 11.6 Å². The van der Waals surface area contributed by atoms with Crippen molar-refractivity contribution in [1.29, 1.82) is 0 Å². The van der Waals surface area contributed by atoms with Crippen molar-refractivity contribution in [3.63, 3.8) is 0 Å². The van der Waals surface area contributed by atoms with Crippen molar-refractivity contribution in [3.8, 4) is 11.5 Å². The van der Waals surface area contributed by atoms with Crippen LogP contribution in [0, 0.1) is 11.6 Å². The lowest BCUT2D eigenvalue weighted by molar-refractivity contribution is 0.433. The molecule has 2 aromatic rings. The smallest absolute Gasteiger partial charge is 0.165 e. The lowest BCUT2D eigenvalue weighted by atomic mass is 10.3. The molecule has 2 nitrogen and oxygen atoms in total. The summed E-state index contributed by atoms with van der Waals surface area (Å²) in [5.74, 6) is -0.839. The van der Waals surface area contributed by atoms with E-state index in [1.165, 1.54) is 12.4 Å². The predicted octanol–water partition coefficient (Wildman–Crippen LogP) is 3.89. The van der Waals surface area contributed by atoms with E-state index in [0.717, 1.165) is 18.2 Å². The summed E-state index contributed by atoms with van der Waals surface area (Å²) in [5.41, 5.74) is 0.609. The molecule has 0 radical (unpaired) electrons. The van der Waals surface area contributed by atoms with Crippen molar-refractivity contribution in [3.05, 3.63) is 53.9 Å². The normalized spacial score (nSPS) is 10.3. The predicted molar refractivity (Wildman–Crippen MR) is 60.2 cm³/mol. The lowest BCUT2D eigenvalue weighted by Crippen LogP contribution is -1.93. The molecule has 0 unspecified atom stereocenters. The first kappa shape index (κ1) is 11.8. The van der Waals surface area contributed by atoms with Gasteiger partial charge >= 0.3 is 0 Å². The fourth-order valence-electron chi connectivity index (χ4n) is 1.29. The van der Waals surface area contributed by atoms with Crippen LogP contribution in [0.2, 0.25) is 0 Å². The zero-order chi connectivity index (χ0) is 12.3. The molecule has 0 saturated heterocycles. The van der Waals surface area contributed by atoms with Gasteiger partial charge in [-0.3, -0.25) is 4.98 Å². The molecular weight excluding hydrogens is 248 g/mol. The molecule has 0 spiro atoms. The monoisotopic (exact) mass is 255 g/mol. The Hall–Kier alpha value is -1.68. The number of alkyl halides is 1. The molecule has 88 valence electrons. The van der Waals surface area contributed by atoms with Gasteiger partial charge in [-0.15, -0.1) is 11.6 Å². The highest BCUT2D eigenvalue weighted by Gasteiger charge is 2.09. The number of hydrogen-bond donors (Lipinski definition) is 0. The largest absolute Gasteiger partial charge is 0.454 e. The zero-order valence-corrected chi connectivity index (χ0v) is 9.42. The molecule has 0 aliphatic rings. The molecule has 17 heavy (non-hydrogen) atoms. The summed E-state index contributed by atoms with van der Waals surface area (Å²) in [6, 6.07) is 4.55. The molecule has 2 rings (SSSR count). The average molecular weight is 256 g/mol. The summed E-state index contributed by atoms with van der Waals surface area (Å²) in [4.78, 5) is 3.87. The van der Waals surface area contributed by atoms with Crippen LogP contribution in [-0.4, -0.2) is 4.98 Å². The van der Waals surface area contributed by atoms with Crippen molar-refractivity contribution in [1.82, 2.24) is 4.98 Å². The minimum Gasteiger partial charge on any atom is -0.454 e. The number of ether oxygens (including phenoxy) is 1. The topological polar surface area (TPSA) is 22.1 Å². The van der Waals surface area contributed by atoms with Crippen LogP contribution >= 0.6 is 11.6 Å². The summed E-state index contributed by atoms with van der Waals surface area (Å²) >= 11 is 5.68. The van der Waals surface area contributed by atoms with Crippen LogP contribution in [0.5, 0.6) is 11.5 Å². The van der Waals surface area contributed by atoms with Crippen LogP contribution in [0.3, 0.4) is 0 Å². The Bertz CT molecular complexity index is 534. The van der Waals surface area contributed by atoms with Crippen LogP contribution in [0.4, 0.5) is 8.78 Å². The molecule has 5 heteroatoms. The van der Waals surface area contributed by atoms with E-state index in [2.05, 4.69) is 4.98 Å². The summed E-state index contributed by atoms with van der Waals surface area (Å²) in [5, 5.41) is 0. The molecule has 0 aliphatic heterocycles. The van der Waals surface area contributed by atoms with Crippen LogP contribution in [0.15, 0.2) is 36.7 Å². The molecule has 0 amide bonds. The van der Waals surface area contributed by atoms with Crippen molar-refractivity contribution in [2.45, 2.75) is 5.88 Å². The number of hydrogen-bond acceptors (Lipinski definition) is 2. The summed E-state index contributed by atoms with van der Waals surface area (Å²) in [7, 11) is 0. The second-order valence-electron chi connectivity index (χ2n) is 3.29. The number of halogens is 3. The highest BCUT2D eigenvalue weighted by Crippen LogP contribution is 2.28. The summed E-state index contributed by atoms with van der Waals surface area (Å²) < 4.78 is 31.6. The summed E-state index contributed by atoms with van der Waals surface area (Å²) in [6.45, 7) is 0. The van der Waals surface area contributed by atoms with E-state index in [-0.39, 0.29) is 11.6 Å². The molecule has 1 aromatic heterocycles. The fourth-order valence-corrected chi connectivity index (χ4v) is 1.49. The van der Waals surface area contributed by atoms with Gasteiger partial charge in [-0.1, -0.05) is 0 Å². The van der Waals surface area contributed by atoms with Crippen LogP contribution < -0.4 is 4.74 Å². The minimum atomic E-state index is -0.635. The van der Waals surface area contributed by atoms with Crippen LogP contribution in [-0.2, 0) is 5.88 Å². The van der Waals surface area contributed by atoms with Crippen molar-refractivity contribution in [2.75, 3.05) is 0 Å². The number of nitrogens with zero attached hydrogens (tertiary/aromatic N) is 1. The van der Waals surface area contributed by atoms with E-state index < -0.39 is 11.6 Å². The number of pyridine rings is 1. The highest BCUT2D eigenvalue weighted by molar-refractivity contribution is 6.17. The fraction of sp³-hybridized carbons (Fsp3) is 0.0833. The maximum absolute atomic E-state index is 13.4. The van der Waals surface area contributed by atoms with Crippen molar-refractivity contribution < 1.29 is 13.5 Å². The van der Waals surface area contributed by atoms with E-state index in [0.29, 0.717) is 11.3 Å². The highest BCUT2D eigenvalue weighted by atomic mass is 35.5. The Balaban J connectivity index is 2.34. The van der Waals surface area contributed by atoms with E-state index in [1.807, 2.05) is 0 Å². The molecule has 1 aromatic carbocycles. The third-order valence-corrected chi connectivity index (χ3v) is 2.40. The minimum absolute atomic E-state index is 0.178. The van der Waals surface area contributed by atoms with Crippen LogP contribution in [0.25, 0.3) is 0 Å². The molecule has 1 heterocycles. The number of aromatic nitrogens is 1. The number of benzene rings is 1. The van der Waals surface area contributed by atoms with Gasteiger partial charge in [-0.2, -0.15) is 0 Å². The maximum Gasteiger partial charge on any atom is 0.165 e. The third kappa shape index (κ3) is 2.71. The molecule has 0 atom stereocenters.